The molecule has 1 heterocycles. The standard InChI is InChI=1S/C10H13NO3/c11-7-2-1-6(5-7)8-3-4-9(14-8)10(12)13/h3-4,6-7H,1-2,5,11H2,(H,12,13). The smallest absolute Gasteiger partial charge is 0.371 e. The molecule has 3 N–H and O–H groups in total. The summed E-state index contributed by atoms with van der Waals surface area (Å²) in [4.78, 5) is 10.6. The van der Waals surface area contributed by atoms with E-state index in [-0.39, 0.29) is 11.8 Å². The zero-order valence-electron chi connectivity index (χ0n) is 7.77. The van der Waals surface area contributed by atoms with E-state index in [0.717, 1.165) is 25.0 Å². The molecule has 1 aliphatic carbocycles. The number of hydrogen-bond donors (Lipinski definition) is 2. The van der Waals surface area contributed by atoms with E-state index >= 15 is 0 Å². The van der Waals surface area contributed by atoms with Gasteiger partial charge in [0.2, 0.25) is 5.76 Å². The molecule has 0 radical (unpaired) electrons. The maximum atomic E-state index is 10.6. The van der Waals surface area contributed by atoms with Crippen molar-refractivity contribution >= 4 is 5.97 Å². The Hall–Kier alpha value is -1.29. The second-order valence-corrected chi connectivity index (χ2v) is 3.78. The Balaban J connectivity index is 2.13. The molecule has 76 valence electrons. The Morgan fingerprint density at radius 1 is 1.50 bits per heavy atom. The Morgan fingerprint density at radius 3 is 2.79 bits per heavy atom. The Kier molecular flexibility index (Phi) is 2.29. The molecule has 2 atom stereocenters. The van der Waals surface area contributed by atoms with Crippen molar-refractivity contribution in [3.63, 3.8) is 0 Å². The quantitative estimate of drug-likeness (QED) is 0.751. The number of carboxylic acids is 1. The van der Waals surface area contributed by atoms with Crippen molar-refractivity contribution in [3.8, 4) is 0 Å². The molecule has 1 aromatic heterocycles. The fraction of sp³-hybridized carbons (Fsp3) is 0.500. The molecule has 0 saturated heterocycles. The number of nitrogens with two attached hydrogens (primary N) is 1. The third-order valence-corrected chi connectivity index (χ3v) is 2.71. The van der Waals surface area contributed by atoms with Gasteiger partial charge in [-0.3, -0.25) is 0 Å². The molecule has 0 aliphatic heterocycles. The third-order valence-electron chi connectivity index (χ3n) is 2.71. The highest BCUT2D eigenvalue weighted by atomic mass is 16.4. The average molecular weight is 195 g/mol. The molecule has 2 rings (SSSR count). The summed E-state index contributed by atoms with van der Waals surface area (Å²) in [7, 11) is 0. The molecule has 14 heavy (non-hydrogen) atoms. The number of hydrogen-bond acceptors (Lipinski definition) is 3. The van der Waals surface area contributed by atoms with Crippen LogP contribution in [0.25, 0.3) is 0 Å². The van der Waals surface area contributed by atoms with Gasteiger partial charge in [-0.1, -0.05) is 0 Å². The summed E-state index contributed by atoms with van der Waals surface area (Å²) in [5.41, 5.74) is 5.77. The monoisotopic (exact) mass is 195 g/mol. The first-order chi connectivity index (χ1) is 6.66. The van der Waals surface area contributed by atoms with E-state index in [0.29, 0.717) is 5.92 Å². The summed E-state index contributed by atoms with van der Waals surface area (Å²) in [5, 5.41) is 8.67. The first kappa shape index (κ1) is 9.27. The molecule has 1 fully saturated rings. The highest BCUT2D eigenvalue weighted by Crippen LogP contribution is 2.34. The number of carboxylic acid groups (broad SMARTS) is 1. The van der Waals surface area contributed by atoms with E-state index in [9.17, 15) is 4.79 Å². The fourth-order valence-corrected chi connectivity index (χ4v) is 1.96. The van der Waals surface area contributed by atoms with E-state index < -0.39 is 5.97 Å². The highest BCUT2D eigenvalue weighted by molar-refractivity contribution is 5.84. The van der Waals surface area contributed by atoms with Gasteiger partial charge in [0.25, 0.3) is 0 Å². The van der Waals surface area contributed by atoms with Gasteiger partial charge in [0.15, 0.2) is 0 Å². The first-order valence-corrected chi connectivity index (χ1v) is 4.75. The van der Waals surface area contributed by atoms with Crippen LogP contribution >= 0.6 is 0 Å². The zero-order valence-corrected chi connectivity index (χ0v) is 7.77. The van der Waals surface area contributed by atoms with Crippen LogP contribution in [0.2, 0.25) is 0 Å². The van der Waals surface area contributed by atoms with Crippen molar-refractivity contribution in [1.29, 1.82) is 0 Å². The lowest BCUT2D eigenvalue weighted by Gasteiger charge is -2.04. The average Bonchev–Trinajstić information content (AvgIpc) is 2.70. The van der Waals surface area contributed by atoms with Crippen molar-refractivity contribution in [2.75, 3.05) is 0 Å². The Bertz CT molecular complexity index is 345. The second-order valence-electron chi connectivity index (χ2n) is 3.78. The third kappa shape index (κ3) is 1.65. The van der Waals surface area contributed by atoms with E-state index in [4.69, 9.17) is 15.3 Å². The van der Waals surface area contributed by atoms with Crippen LogP contribution in [0.1, 0.15) is 41.5 Å². The number of rotatable bonds is 2. The molecule has 4 heteroatoms. The Labute approximate surface area is 81.7 Å². The minimum atomic E-state index is -1.02. The van der Waals surface area contributed by atoms with Gasteiger partial charge in [-0.2, -0.15) is 0 Å². The molecule has 2 unspecified atom stereocenters. The van der Waals surface area contributed by atoms with Gasteiger partial charge in [0, 0.05) is 12.0 Å². The zero-order chi connectivity index (χ0) is 10.1. The molecule has 1 aromatic rings. The van der Waals surface area contributed by atoms with E-state index in [1.54, 1.807) is 6.07 Å². The molecule has 4 nitrogen and oxygen atoms in total. The summed E-state index contributed by atoms with van der Waals surface area (Å²) < 4.78 is 5.22. The number of aromatic carboxylic acids is 1. The van der Waals surface area contributed by atoms with Crippen molar-refractivity contribution in [3.05, 3.63) is 23.7 Å². The van der Waals surface area contributed by atoms with Crippen LogP contribution in [-0.2, 0) is 0 Å². The van der Waals surface area contributed by atoms with Gasteiger partial charge < -0.3 is 15.3 Å². The van der Waals surface area contributed by atoms with Crippen molar-refractivity contribution in [1.82, 2.24) is 0 Å². The van der Waals surface area contributed by atoms with Gasteiger partial charge in [-0.25, -0.2) is 4.79 Å². The SMILES string of the molecule is NC1CCC(c2ccc(C(=O)O)o2)C1. The summed E-state index contributed by atoms with van der Waals surface area (Å²) in [6, 6.07) is 3.48. The molecule has 0 aromatic carbocycles. The van der Waals surface area contributed by atoms with Gasteiger partial charge in [0.1, 0.15) is 5.76 Å². The van der Waals surface area contributed by atoms with Crippen LogP contribution in [0.4, 0.5) is 0 Å². The van der Waals surface area contributed by atoms with Gasteiger partial charge in [0.05, 0.1) is 0 Å². The van der Waals surface area contributed by atoms with Crippen molar-refractivity contribution in [2.45, 2.75) is 31.2 Å². The summed E-state index contributed by atoms with van der Waals surface area (Å²) in [6.45, 7) is 0. The fourth-order valence-electron chi connectivity index (χ4n) is 1.96. The van der Waals surface area contributed by atoms with Gasteiger partial charge in [-0.15, -0.1) is 0 Å². The maximum absolute atomic E-state index is 10.6. The predicted molar refractivity (Wildman–Crippen MR) is 50.2 cm³/mol. The second kappa shape index (κ2) is 3.46. The van der Waals surface area contributed by atoms with Crippen LogP contribution in [0.15, 0.2) is 16.5 Å². The number of carbonyl (C=O) groups is 1. The number of furan rings is 1. The molecular weight excluding hydrogens is 182 g/mol. The van der Waals surface area contributed by atoms with Gasteiger partial charge in [-0.05, 0) is 31.4 Å². The Morgan fingerprint density at radius 2 is 2.29 bits per heavy atom. The van der Waals surface area contributed by atoms with Crippen LogP contribution in [-0.4, -0.2) is 17.1 Å². The first-order valence-electron chi connectivity index (χ1n) is 4.75. The van der Waals surface area contributed by atoms with Crippen molar-refractivity contribution < 1.29 is 14.3 Å². The lowest BCUT2D eigenvalue weighted by Crippen LogP contribution is -2.14. The van der Waals surface area contributed by atoms with Crippen LogP contribution < -0.4 is 5.73 Å². The van der Waals surface area contributed by atoms with Crippen LogP contribution in [0, 0.1) is 0 Å². The van der Waals surface area contributed by atoms with E-state index in [1.165, 1.54) is 6.07 Å². The minimum absolute atomic E-state index is 0.0143. The highest BCUT2D eigenvalue weighted by Gasteiger charge is 2.26. The normalized spacial score (nSPS) is 26.6. The van der Waals surface area contributed by atoms with Gasteiger partial charge >= 0.3 is 5.97 Å². The summed E-state index contributed by atoms with van der Waals surface area (Å²) in [5.74, 6) is 0.0625. The van der Waals surface area contributed by atoms with E-state index in [2.05, 4.69) is 0 Å². The van der Waals surface area contributed by atoms with Crippen LogP contribution in [0.5, 0.6) is 0 Å². The predicted octanol–water partition coefficient (Wildman–Crippen LogP) is 1.57. The van der Waals surface area contributed by atoms with E-state index in [1.807, 2.05) is 0 Å². The minimum Gasteiger partial charge on any atom is -0.475 e. The molecular formula is C10H13NO3. The lowest BCUT2D eigenvalue weighted by atomic mass is 10.1. The largest absolute Gasteiger partial charge is 0.475 e. The van der Waals surface area contributed by atoms with Crippen LogP contribution in [0.3, 0.4) is 0 Å². The lowest BCUT2D eigenvalue weighted by molar-refractivity contribution is 0.0659. The topological polar surface area (TPSA) is 76.5 Å². The molecule has 0 spiro atoms. The van der Waals surface area contributed by atoms with Crippen molar-refractivity contribution in [2.24, 2.45) is 5.73 Å². The molecule has 0 bridgehead atoms. The summed E-state index contributed by atoms with van der Waals surface area (Å²) in [6.07, 6.45) is 2.88. The molecule has 1 aliphatic rings. The molecule has 0 amide bonds. The summed E-state index contributed by atoms with van der Waals surface area (Å²) >= 11 is 0. The maximum Gasteiger partial charge on any atom is 0.371 e. The molecule has 1 saturated carbocycles.